The predicted octanol–water partition coefficient (Wildman–Crippen LogP) is 2.27. The Hall–Kier alpha value is -3.43. The number of aromatic nitrogens is 4. The third-order valence-electron chi connectivity index (χ3n) is 6.34. The molecule has 0 radical (unpaired) electrons. The molecule has 32 heavy (non-hydrogen) atoms. The summed E-state index contributed by atoms with van der Waals surface area (Å²) in [7, 11) is 1.83. The van der Waals surface area contributed by atoms with Crippen LogP contribution in [0.15, 0.2) is 42.9 Å². The SMILES string of the molecule is CNc1ccc2ccc(OC[C@H]3C[C@@H](n4cc(C)c5c(N)ncnc54)[C@H](O)[C@@H]3O)cc2n1. The molecule has 0 spiro atoms. The number of nitrogens with two attached hydrogens (primary N) is 1. The van der Waals surface area contributed by atoms with Crippen LogP contribution in [0, 0.1) is 12.8 Å². The lowest BCUT2D eigenvalue weighted by atomic mass is 10.1. The predicted molar refractivity (Wildman–Crippen MR) is 123 cm³/mol. The number of hydrogen-bond acceptors (Lipinski definition) is 8. The second-order valence-corrected chi connectivity index (χ2v) is 8.33. The standard InChI is InChI=1S/C23H26N6O3/c1-12-9-29(23-19(12)22(24)26-11-27-23)17-7-14(20(30)21(17)31)10-32-15-5-3-13-4-6-18(25-2)28-16(13)8-15/h3-6,8-9,11,14,17,20-21,30-31H,7,10H2,1-2H3,(H,25,28)(H2,24,26,27)/t14-,17-,20-,21+/m1/s1. The van der Waals surface area contributed by atoms with Gasteiger partial charge in [-0.3, -0.25) is 0 Å². The zero-order valence-electron chi connectivity index (χ0n) is 17.9. The third-order valence-corrected chi connectivity index (χ3v) is 6.34. The second kappa shape index (κ2) is 7.92. The highest BCUT2D eigenvalue weighted by Crippen LogP contribution is 2.39. The molecule has 0 saturated heterocycles. The van der Waals surface area contributed by atoms with E-state index in [1.54, 1.807) is 0 Å². The molecule has 4 aromatic rings. The van der Waals surface area contributed by atoms with Gasteiger partial charge in [-0.25, -0.2) is 15.0 Å². The molecule has 3 heterocycles. The molecular formula is C23H26N6O3. The van der Waals surface area contributed by atoms with Crippen molar-refractivity contribution in [2.75, 3.05) is 24.7 Å². The van der Waals surface area contributed by atoms with Crippen LogP contribution in [0.5, 0.6) is 5.75 Å². The van der Waals surface area contributed by atoms with Gasteiger partial charge in [-0.15, -0.1) is 0 Å². The van der Waals surface area contributed by atoms with Crippen LogP contribution in [0.25, 0.3) is 21.9 Å². The van der Waals surface area contributed by atoms with Crippen molar-refractivity contribution in [1.29, 1.82) is 0 Å². The molecule has 4 atom stereocenters. The molecule has 3 aromatic heterocycles. The number of nitrogen functional groups attached to an aromatic ring is 1. The maximum absolute atomic E-state index is 10.8. The quantitative estimate of drug-likeness (QED) is 0.376. The normalized spacial score (nSPS) is 23.1. The Morgan fingerprint density at radius 3 is 2.81 bits per heavy atom. The van der Waals surface area contributed by atoms with Gasteiger partial charge in [0.1, 0.15) is 35.5 Å². The Morgan fingerprint density at radius 2 is 2.00 bits per heavy atom. The summed E-state index contributed by atoms with van der Waals surface area (Å²) >= 11 is 0. The van der Waals surface area contributed by atoms with E-state index in [-0.39, 0.29) is 18.6 Å². The molecule has 1 saturated carbocycles. The van der Waals surface area contributed by atoms with Crippen LogP contribution in [0.4, 0.5) is 11.6 Å². The molecule has 0 amide bonds. The minimum atomic E-state index is -0.939. The van der Waals surface area contributed by atoms with Crippen LogP contribution in [0.3, 0.4) is 0 Å². The monoisotopic (exact) mass is 434 g/mol. The van der Waals surface area contributed by atoms with E-state index >= 15 is 0 Å². The average Bonchev–Trinajstić information content (AvgIpc) is 3.28. The first-order valence-electron chi connectivity index (χ1n) is 10.6. The van der Waals surface area contributed by atoms with E-state index in [4.69, 9.17) is 10.5 Å². The van der Waals surface area contributed by atoms with Gasteiger partial charge in [-0.2, -0.15) is 0 Å². The summed E-state index contributed by atoms with van der Waals surface area (Å²) in [5.74, 6) is 1.63. The van der Waals surface area contributed by atoms with E-state index in [2.05, 4.69) is 20.3 Å². The molecule has 9 heteroatoms. The van der Waals surface area contributed by atoms with Crippen LogP contribution < -0.4 is 15.8 Å². The number of nitrogens with one attached hydrogen (secondary N) is 1. The minimum Gasteiger partial charge on any atom is -0.493 e. The smallest absolute Gasteiger partial charge is 0.146 e. The molecule has 1 aliphatic rings. The van der Waals surface area contributed by atoms with E-state index in [0.29, 0.717) is 23.6 Å². The Balaban J connectivity index is 1.35. The Labute approximate surface area is 184 Å². The summed E-state index contributed by atoms with van der Waals surface area (Å²) in [6.07, 6.45) is 2.02. The van der Waals surface area contributed by atoms with Gasteiger partial charge >= 0.3 is 0 Å². The number of ether oxygens (including phenoxy) is 1. The first-order valence-corrected chi connectivity index (χ1v) is 10.6. The number of aryl methyl sites for hydroxylation is 1. The fourth-order valence-electron chi connectivity index (χ4n) is 4.62. The lowest BCUT2D eigenvalue weighted by Crippen LogP contribution is -2.31. The molecule has 5 N–H and O–H groups in total. The molecule has 0 unspecified atom stereocenters. The number of rotatable bonds is 5. The molecule has 9 nitrogen and oxygen atoms in total. The highest BCUT2D eigenvalue weighted by molar-refractivity contribution is 5.89. The molecule has 1 aromatic carbocycles. The van der Waals surface area contributed by atoms with Crippen molar-refractivity contribution in [2.45, 2.75) is 31.6 Å². The van der Waals surface area contributed by atoms with Gasteiger partial charge < -0.3 is 30.6 Å². The van der Waals surface area contributed by atoms with E-state index in [0.717, 1.165) is 27.7 Å². The van der Waals surface area contributed by atoms with Crippen molar-refractivity contribution in [1.82, 2.24) is 19.5 Å². The first-order chi connectivity index (χ1) is 15.5. The van der Waals surface area contributed by atoms with Gasteiger partial charge in [0.25, 0.3) is 0 Å². The fourth-order valence-corrected chi connectivity index (χ4v) is 4.62. The molecule has 0 aliphatic heterocycles. The van der Waals surface area contributed by atoms with Crippen LogP contribution in [-0.4, -0.2) is 55.6 Å². The van der Waals surface area contributed by atoms with E-state index in [9.17, 15) is 10.2 Å². The number of benzene rings is 1. The minimum absolute atomic E-state index is 0.237. The Kier molecular flexibility index (Phi) is 5.07. The van der Waals surface area contributed by atoms with Gasteiger partial charge in [0.05, 0.1) is 29.7 Å². The average molecular weight is 435 g/mol. The number of aliphatic hydroxyl groups excluding tert-OH is 2. The lowest BCUT2D eigenvalue weighted by molar-refractivity contribution is -0.00142. The highest BCUT2D eigenvalue weighted by Gasteiger charge is 2.43. The molecular weight excluding hydrogens is 408 g/mol. The zero-order valence-corrected chi connectivity index (χ0v) is 17.9. The summed E-state index contributed by atoms with van der Waals surface area (Å²) in [5, 5.41) is 26.3. The topological polar surface area (TPSA) is 131 Å². The van der Waals surface area contributed by atoms with Gasteiger partial charge in [0, 0.05) is 30.6 Å². The largest absolute Gasteiger partial charge is 0.493 e. The Bertz CT molecular complexity index is 1290. The first kappa shape index (κ1) is 20.5. The van der Waals surface area contributed by atoms with Crippen LogP contribution in [0.2, 0.25) is 0 Å². The summed E-state index contributed by atoms with van der Waals surface area (Å²) < 4.78 is 7.90. The van der Waals surface area contributed by atoms with E-state index < -0.39 is 12.2 Å². The number of pyridine rings is 1. The van der Waals surface area contributed by atoms with Gasteiger partial charge in [-0.05, 0) is 43.2 Å². The number of nitrogens with zero attached hydrogens (tertiary/aromatic N) is 4. The fraction of sp³-hybridized carbons (Fsp3) is 0.348. The summed E-state index contributed by atoms with van der Waals surface area (Å²) in [4.78, 5) is 13.0. The van der Waals surface area contributed by atoms with Gasteiger partial charge in [0.2, 0.25) is 0 Å². The van der Waals surface area contributed by atoms with Crippen molar-refractivity contribution in [3.05, 3.63) is 48.4 Å². The summed E-state index contributed by atoms with van der Waals surface area (Å²) in [6.45, 7) is 2.21. The highest BCUT2D eigenvalue weighted by atomic mass is 16.5. The van der Waals surface area contributed by atoms with E-state index in [1.807, 2.05) is 55.1 Å². The molecule has 1 aliphatic carbocycles. The molecule has 5 rings (SSSR count). The van der Waals surface area contributed by atoms with Crippen molar-refractivity contribution < 1.29 is 14.9 Å². The third kappa shape index (κ3) is 3.39. The van der Waals surface area contributed by atoms with E-state index in [1.165, 1.54) is 6.33 Å². The summed E-state index contributed by atoms with van der Waals surface area (Å²) in [5.41, 5.74) is 8.44. The second-order valence-electron chi connectivity index (χ2n) is 8.33. The maximum Gasteiger partial charge on any atom is 0.146 e. The summed E-state index contributed by atoms with van der Waals surface area (Å²) in [6, 6.07) is 9.32. The molecule has 0 bridgehead atoms. The van der Waals surface area contributed by atoms with Crippen LogP contribution >= 0.6 is 0 Å². The number of anilines is 2. The molecule has 166 valence electrons. The number of aliphatic hydroxyl groups is 2. The van der Waals surface area contributed by atoms with Crippen molar-refractivity contribution in [3.63, 3.8) is 0 Å². The van der Waals surface area contributed by atoms with Crippen molar-refractivity contribution >= 4 is 33.6 Å². The van der Waals surface area contributed by atoms with Crippen LogP contribution in [0.1, 0.15) is 18.0 Å². The molecule has 1 fully saturated rings. The van der Waals surface area contributed by atoms with Crippen molar-refractivity contribution in [2.24, 2.45) is 5.92 Å². The maximum atomic E-state index is 10.8. The van der Waals surface area contributed by atoms with Crippen molar-refractivity contribution in [3.8, 4) is 5.75 Å². The number of fused-ring (bicyclic) bond motifs is 2. The lowest BCUT2D eigenvalue weighted by Gasteiger charge is -2.19. The Morgan fingerprint density at radius 1 is 1.19 bits per heavy atom. The number of hydrogen-bond donors (Lipinski definition) is 4. The van der Waals surface area contributed by atoms with Crippen LogP contribution in [-0.2, 0) is 0 Å². The van der Waals surface area contributed by atoms with Gasteiger partial charge in [-0.1, -0.05) is 0 Å². The zero-order chi connectivity index (χ0) is 22.4. The van der Waals surface area contributed by atoms with Gasteiger partial charge in [0.15, 0.2) is 0 Å².